The smallest absolute Gasteiger partial charge is 0.284 e. The van der Waals surface area contributed by atoms with Crippen molar-refractivity contribution in [2.75, 3.05) is 0 Å². The number of fused-ring (bicyclic) bond motifs is 1. The zero-order chi connectivity index (χ0) is 17.3. The average Bonchev–Trinajstić information content (AvgIpc) is 2.56. The van der Waals surface area contributed by atoms with Crippen LogP contribution >= 0.6 is 23.4 Å². The molecule has 0 aliphatic heterocycles. The van der Waals surface area contributed by atoms with Gasteiger partial charge in [-0.05, 0) is 30.3 Å². The summed E-state index contributed by atoms with van der Waals surface area (Å²) in [7, 11) is 0. The first-order valence-corrected chi connectivity index (χ1v) is 7.98. The second-order valence-electron chi connectivity index (χ2n) is 4.90. The molecule has 0 unspecified atom stereocenters. The van der Waals surface area contributed by atoms with Crippen LogP contribution in [0.2, 0.25) is 5.02 Å². The first-order valence-electron chi connectivity index (χ1n) is 6.79. The normalized spacial score (nSPS) is 11.7. The molecule has 1 aromatic heterocycles. The maximum atomic E-state index is 12.9. The number of para-hydroxylation sites is 1. The van der Waals surface area contributed by atoms with Crippen molar-refractivity contribution in [3.8, 4) is 0 Å². The van der Waals surface area contributed by atoms with Crippen LogP contribution in [-0.4, -0.2) is 16.9 Å². The predicted molar refractivity (Wildman–Crippen MR) is 87.7 cm³/mol. The molecule has 0 aliphatic rings. The molecule has 0 fully saturated rings. The highest BCUT2D eigenvalue weighted by Gasteiger charge is 2.41. The number of ketones is 1. The molecule has 24 heavy (non-hydrogen) atoms. The summed E-state index contributed by atoms with van der Waals surface area (Å²) in [5.74, 6) is -1.91. The lowest BCUT2D eigenvalue weighted by Crippen LogP contribution is -2.23. The molecular weight excluding hydrogens is 359 g/mol. The van der Waals surface area contributed by atoms with Crippen molar-refractivity contribution in [3.63, 3.8) is 0 Å². The molecule has 1 heterocycles. The van der Waals surface area contributed by atoms with E-state index in [-0.39, 0.29) is 4.90 Å². The third-order valence-electron chi connectivity index (χ3n) is 3.26. The summed E-state index contributed by atoms with van der Waals surface area (Å²) in [6.45, 7) is 0. The van der Waals surface area contributed by atoms with Crippen molar-refractivity contribution in [2.45, 2.75) is 16.0 Å². The Kier molecular flexibility index (Phi) is 4.51. The number of pyridine rings is 1. The highest BCUT2D eigenvalue weighted by molar-refractivity contribution is 7.99. The molecule has 2 nitrogen and oxygen atoms in total. The van der Waals surface area contributed by atoms with Gasteiger partial charge in [0.1, 0.15) is 0 Å². The van der Waals surface area contributed by atoms with E-state index in [1.165, 1.54) is 0 Å². The van der Waals surface area contributed by atoms with Crippen molar-refractivity contribution in [3.05, 3.63) is 65.3 Å². The number of alkyl halides is 3. The molecule has 3 aromatic rings. The Morgan fingerprint density at radius 3 is 2.38 bits per heavy atom. The number of hydrogen-bond acceptors (Lipinski definition) is 3. The number of carbonyl (C=O) groups is 1. The van der Waals surface area contributed by atoms with E-state index in [4.69, 9.17) is 11.6 Å². The van der Waals surface area contributed by atoms with Crippen LogP contribution in [0.25, 0.3) is 10.9 Å². The van der Waals surface area contributed by atoms with Crippen molar-refractivity contribution in [2.24, 2.45) is 0 Å². The van der Waals surface area contributed by atoms with Crippen molar-refractivity contribution >= 4 is 40.0 Å². The van der Waals surface area contributed by atoms with Gasteiger partial charge in [0.15, 0.2) is 0 Å². The minimum absolute atomic E-state index is 0.227. The quantitative estimate of drug-likeness (QED) is 0.549. The highest BCUT2D eigenvalue weighted by atomic mass is 35.5. The van der Waals surface area contributed by atoms with Gasteiger partial charge in [0, 0.05) is 26.4 Å². The maximum Gasteiger partial charge on any atom is 0.454 e. The van der Waals surface area contributed by atoms with Gasteiger partial charge in [-0.25, -0.2) is 0 Å². The van der Waals surface area contributed by atoms with Crippen molar-refractivity contribution in [1.29, 1.82) is 0 Å². The Bertz CT molecular complexity index is 910. The first kappa shape index (κ1) is 16.8. The average molecular weight is 368 g/mol. The Morgan fingerprint density at radius 2 is 1.71 bits per heavy atom. The molecule has 0 saturated heterocycles. The number of rotatable bonds is 3. The molecule has 2 aromatic carbocycles. The topological polar surface area (TPSA) is 30.0 Å². The van der Waals surface area contributed by atoms with Crippen molar-refractivity contribution in [1.82, 2.24) is 4.98 Å². The lowest BCUT2D eigenvalue weighted by Gasteiger charge is -2.13. The summed E-state index contributed by atoms with van der Waals surface area (Å²) in [5.41, 5.74) is 0.0637. The molecule has 7 heteroatoms. The fraction of sp³-hybridized carbons (Fsp3) is 0.0588. The largest absolute Gasteiger partial charge is 0.454 e. The molecule has 0 aliphatic carbocycles. The number of halogens is 4. The maximum absolute atomic E-state index is 12.9. The fourth-order valence-corrected chi connectivity index (χ4v) is 3.33. The van der Waals surface area contributed by atoms with Gasteiger partial charge in [0.2, 0.25) is 0 Å². The zero-order valence-corrected chi connectivity index (χ0v) is 13.5. The Hall–Kier alpha value is -2.05. The molecule has 0 N–H and O–H groups in total. The molecule has 122 valence electrons. The van der Waals surface area contributed by atoms with E-state index in [1.807, 2.05) is 0 Å². The minimum atomic E-state index is -4.96. The van der Waals surface area contributed by atoms with Crippen LogP contribution in [0.1, 0.15) is 10.4 Å². The third kappa shape index (κ3) is 3.39. The van der Waals surface area contributed by atoms with Gasteiger partial charge < -0.3 is 0 Å². The SMILES string of the molecule is O=C(c1cnc2ccccc2c1Sc1ccc(Cl)cc1)C(F)(F)F. The third-order valence-corrected chi connectivity index (χ3v) is 4.67. The van der Waals surface area contributed by atoms with Crippen LogP contribution in [0.3, 0.4) is 0 Å². The predicted octanol–water partition coefficient (Wildman–Crippen LogP) is 5.78. The Balaban J connectivity index is 2.17. The van der Waals surface area contributed by atoms with Gasteiger partial charge in [-0.15, -0.1) is 0 Å². The van der Waals surface area contributed by atoms with Crippen LogP contribution < -0.4 is 0 Å². The van der Waals surface area contributed by atoms with Gasteiger partial charge in [-0.3, -0.25) is 9.78 Å². The van der Waals surface area contributed by atoms with Crippen LogP contribution in [0, 0.1) is 0 Å². The molecule has 0 bridgehead atoms. The summed E-state index contributed by atoms with van der Waals surface area (Å²) in [5, 5.41) is 1.01. The Labute approximate surface area is 144 Å². The standard InChI is InChI=1S/C17H9ClF3NOS/c18-10-5-7-11(8-6-10)24-15-12-3-1-2-4-14(12)22-9-13(15)16(23)17(19,20)21/h1-9H. The lowest BCUT2D eigenvalue weighted by molar-refractivity contribution is -0.0887. The molecule has 0 spiro atoms. The van der Waals surface area contributed by atoms with Crippen molar-refractivity contribution < 1.29 is 18.0 Å². The van der Waals surface area contributed by atoms with Crippen LogP contribution in [0.4, 0.5) is 13.2 Å². The molecule has 0 saturated carbocycles. The number of hydrogen-bond donors (Lipinski definition) is 0. The number of aromatic nitrogens is 1. The minimum Gasteiger partial charge on any atom is -0.284 e. The van der Waals surface area contributed by atoms with E-state index in [2.05, 4.69) is 4.98 Å². The highest BCUT2D eigenvalue weighted by Crippen LogP contribution is 2.38. The van der Waals surface area contributed by atoms with Crippen LogP contribution in [-0.2, 0) is 0 Å². The molecule has 0 atom stereocenters. The second-order valence-corrected chi connectivity index (χ2v) is 6.42. The van der Waals surface area contributed by atoms with E-state index in [0.29, 0.717) is 20.8 Å². The van der Waals surface area contributed by atoms with Gasteiger partial charge >= 0.3 is 6.18 Å². The number of benzene rings is 2. The van der Waals surface area contributed by atoms with E-state index in [0.717, 1.165) is 18.0 Å². The van der Waals surface area contributed by atoms with E-state index >= 15 is 0 Å². The van der Waals surface area contributed by atoms with Crippen LogP contribution in [0.5, 0.6) is 0 Å². The first-order chi connectivity index (χ1) is 11.4. The molecule has 3 rings (SSSR count). The molecule has 0 radical (unpaired) electrons. The number of Topliss-reactive ketones (excluding diaryl/α,β-unsaturated/α-hetero) is 1. The van der Waals surface area contributed by atoms with Gasteiger partial charge in [-0.1, -0.05) is 41.6 Å². The summed E-state index contributed by atoms with van der Waals surface area (Å²) in [6, 6.07) is 13.4. The van der Waals surface area contributed by atoms with Gasteiger partial charge in [-0.2, -0.15) is 13.2 Å². The summed E-state index contributed by atoms with van der Waals surface area (Å²) in [6.07, 6.45) is -3.98. The van der Waals surface area contributed by atoms with E-state index in [9.17, 15) is 18.0 Å². The zero-order valence-electron chi connectivity index (χ0n) is 12.0. The molecular formula is C17H9ClF3NOS. The Morgan fingerprint density at radius 1 is 1.04 bits per heavy atom. The number of carbonyl (C=O) groups excluding carboxylic acids is 1. The molecule has 0 amide bonds. The summed E-state index contributed by atoms with van der Waals surface area (Å²) in [4.78, 5) is 16.7. The lowest BCUT2D eigenvalue weighted by atomic mass is 10.1. The summed E-state index contributed by atoms with van der Waals surface area (Å²) >= 11 is 6.91. The fourth-order valence-electron chi connectivity index (χ4n) is 2.16. The van der Waals surface area contributed by atoms with Gasteiger partial charge in [0.25, 0.3) is 5.78 Å². The second kappa shape index (κ2) is 6.45. The summed E-state index contributed by atoms with van der Waals surface area (Å²) < 4.78 is 38.7. The monoisotopic (exact) mass is 367 g/mol. The van der Waals surface area contributed by atoms with Gasteiger partial charge in [0.05, 0.1) is 11.1 Å². The van der Waals surface area contributed by atoms with E-state index < -0.39 is 17.5 Å². The van der Waals surface area contributed by atoms with E-state index in [1.54, 1.807) is 48.5 Å². The van der Waals surface area contributed by atoms with Crippen LogP contribution in [0.15, 0.2) is 64.5 Å². The number of nitrogens with zero attached hydrogens (tertiary/aromatic N) is 1.